The van der Waals surface area contributed by atoms with E-state index < -0.39 is 0 Å². The normalized spacial score (nSPS) is 17.5. The van der Waals surface area contributed by atoms with Gasteiger partial charge in [-0.3, -0.25) is 9.79 Å². The number of methoxy groups -OCH3 is 1. The third-order valence-corrected chi connectivity index (χ3v) is 5.53. The summed E-state index contributed by atoms with van der Waals surface area (Å²) in [5, 5.41) is 3.41. The molecule has 0 spiro atoms. The topological polar surface area (TPSA) is 75.6 Å². The van der Waals surface area contributed by atoms with E-state index >= 15 is 0 Å². The number of amides is 1. The molecule has 0 aromatic heterocycles. The Morgan fingerprint density at radius 1 is 1.23 bits per heavy atom. The summed E-state index contributed by atoms with van der Waals surface area (Å²) < 4.78 is 16.6. The number of nitrogens with zero attached hydrogens (tertiary/aromatic N) is 3. The van der Waals surface area contributed by atoms with Crippen LogP contribution in [0.5, 0.6) is 5.75 Å². The highest BCUT2D eigenvalue weighted by atomic mass is 16.5. The summed E-state index contributed by atoms with van der Waals surface area (Å²) in [6.45, 7) is 7.72. The highest BCUT2D eigenvalue weighted by Gasteiger charge is 2.25. The van der Waals surface area contributed by atoms with Crippen molar-refractivity contribution in [2.45, 2.75) is 38.7 Å². The van der Waals surface area contributed by atoms with Crippen molar-refractivity contribution in [1.82, 2.24) is 10.2 Å². The molecule has 2 heterocycles. The minimum Gasteiger partial charge on any atom is -0.482 e. The summed E-state index contributed by atoms with van der Waals surface area (Å²) in [4.78, 5) is 21.2. The van der Waals surface area contributed by atoms with Crippen molar-refractivity contribution in [3.8, 4) is 5.75 Å². The molecule has 0 atom stereocenters. The number of carbonyl (C=O) groups is 1. The van der Waals surface area contributed by atoms with E-state index in [1.54, 1.807) is 7.11 Å². The quantitative estimate of drug-likeness (QED) is 0.347. The SMILES string of the molecule is CCNC(=NCCCN1C(=O)COc2ccccc21)N1CCC(OCCCOC)CC1. The summed E-state index contributed by atoms with van der Waals surface area (Å²) in [7, 11) is 1.72. The number of hydrogen-bond acceptors (Lipinski definition) is 5. The van der Waals surface area contributed by atoms with Gasteiger partial charge < -0.3 is 29.3 Å². The van der Waals surface area contributed by atoms with E-state index in [-0.39, 0.29) is 12.5 Å². The highest BCUT2D eigenvalue weighted by Crippen LogP contribution is 2.31. The van der Waals surface area contributed by atoms with Crippen LogP contribution in [0.3, 0.4) is 0 Å². The van der Waals surface area contributed by atoms with Gasteiger partial charge in [-0.25, -0.2) is 0 Å². The van der Waals surface area contributed by atoms with Crippen LogP contribution in [0.4, 0.5) is 5.69 Å². The second kappa shape index (κ2) is 12.5. The number of nitrogens with one attached hydrogen (secondary N) is 1. The largest absolute Gasteiger partial charge is 0.482 e. The number of benzene rings is 1. The van der Waals surface area contributed by atoms with E-state index in [9.17, 15) is 4.79 Å². The zero-order valence-electron chi connectivity index (χ0n) is 18.8. The summed E-state index contributed by atoms with van der Waals surface area (Å²) in [6, 6.07) is 7.69. The highest BCUT2D eigenvalue weighted by molar-refractivity contribution is 5.97. The smallest absolute Gasteiger partial charge is 0.265 e. The average molecular weight is 433 g/mol. The first-order valence-corrected chi connectivity index (χ1v) is 11.4. The molecule has 2 aliphatic rings. The average Bonchev–Trinajstić information content (AvgIpc) is 2.80. The van der Waals surface area contributed by atoms with Crippen molar-refractivity contribution >= 4 is 17.6 Å². The number of likely N-dealkylation sites (tertiary alicyclic amines) is 1. The minimum atomic E-state index is 0.00200. The van der Waals surface area contributed by atoms with Crippen LogP contribution < -0.4 is 15.0 Å². The van der Waals surface area contributed by atoms with Gasteiger partial charge in [0.15, 0.2) is 12.6 Å². The van der Waals surface area contributed by atoms with Crippen molar-refractivity contribution in [3.63, 3.8) is 0 Å². The Hall–Kier alpha value is -2.32. The molecule has 1 aromatic carbocycles. The van der Waals surface area contributed by atoms with Crippen LogP contribution in [0.15, 0.2) is 29.3 Å². The lowest BCUT2D eigenvalue weighted by Gasteiger charge is -2.34. The second-order valence-corrected chi connectivity index (χ2v) is 7.79. The number of hydrogen-bond donors (Lipinski definition) is 1. The molecule has 0 bridgehead atoms. The monoisotopic (exact) mass is 432 g/mol. The van der Waals surface area contributed by atoms with Crippen LogP contribution >= 0.6 is 0 Å². The molecular formula is C23H36N4O4. The lowest BCUT2D eigenvalue weighted by molar-refractivity contribution is -0.121. The molecule has 8 heteroatoms. The first-order valence-electron chi connectivity index (χ1n) is 11.4. The van der Waals surface area contributed by atoms with Crippen molar-refractivity contribution in [3.05, 3.63) is 24.3 Å². The molecule has 0 aliphatic carbocycles. The predicted molar refractivity (Wildman–Crippen MR) is 122 cm³/mol. The van der Waals surface area contributed by atoms with Gasteiger partial charge in [0.05, 0.1) is 11.8 Å². The molecule has 1 amide bonds. The molecule has 0 saturated carbocycles. The Morgan fingerprint density at radius 3 is 2.81 bits per heavy atom. The van der Waals surface area contributed by atoms with Gasteiger partial charge in [0.25, 0.3) is 5.91 Å². The zero-order valence-corrected chi connectivity index (χ0v) is 18.8. The molecule has 3 rings (SSSR count). The maximum absolute atomic E-state index is 12.3. The van der Waals surface area contributed by atoms with Gasteiger partial charge in [-0.2, -0.15) is 0 Å². The molecule has 2 aliphatic heterocycles. The summed E-state index contributed by atoms with van der Waals surface area (Å²) in [5.41, 5.74) is 0.849. The van der Waals surface area contributed by atoms with Gasteiger partial charge in [0.2, 0.25) is 0 Å². The zero-order chi connectivity index (χ0) is 21.9. The molecule has 1 fully saturated rings. The number of fused-ring (bicyclic) bond motifs is 1. The van der Waals surface area contributed by atoms with E-state index in [4.69, 9.17) is 19.2 Å². The van der Waals surface area contributed by atoms with Crippen LogP contribution in [0.2, 0.25) is 0 Å². The molecular weight excluding hydrogens is 396 g/mol. The van der Waals surface area contributed by atoms with Gasteiger partial charge in [-0.05, 0) is 44.7 Å². The Labute approximate surface area is 185 Å². The van der Waals surface area contributed by atoms with E-state index in [0.717, 1.165) is 75.9 Å². The van der Waals surface area contributed by atoms with Gasteiger partial charge in [-0.1, -0.05) is 12.1 Å². The molecule has 0 radical (unpaired) electrons. The van der Waals surface area contributed by atoms with Gasteiger partial charge in [0, 0.05) is 53.0 Å². The fourth-order valence-corrected chi connectivity index (χ4v) is 3.93. The Bertz CT molecular complexity index is 719. The molecule has 0 unspecified atom stereocenters. The maximum Gasteiger partial charge on any atom is 0.265 e. The lowest BCUT2D eigenvalue weighted by atomic mass is 10.1. The first kappa shape index (κ1) is 23.3. The van der Waals surface area contributed by atoms with Crippen molar-refractivity contribution in [2.75, 3.05) is 64.6 Å². The summed E-state index contributed by atoms with van der Waals surface area (Å²) in [5.74, 6) is 1.72. The third kappa shape index (κ3) is 6.83. The van der Waals surface area contributed by atoms with E-state index in [2.05, 4.69) is 17.1 Å². The van der Waals surface area contributed by atoms with Gasteiger partial charge in [0.1, 0.15) is 5.75 Å². The fraction of sp³-hybridized carbons (Fsp3) is 0.652. The number of carbonyl (C=O) groups excluding carboxylic acids is 1. The summed E-state index contributed by atoms with van der Waals surface area (Å²) >= 11 is 0. The Kier molecular flexibility index (Phi) is 9.42. The lowest BCUT2D eigenvalue weighted by Crippen LogP contribution is -2.47. The number of para-hydroxylation sites is 2. The molecule has 1 saturated heterocycles. The van der Waals surface area contributed by atoms with Crippen LogP contribution in [0, 0.1) is 0 Å². The van der Waals surface area contributed by atoms with Crippen LogP contribution in [0.1, 0.15) is 32.6 Å². The summed E-state index contributed by atoms with van der Waals surface area (Å²) in [6.07, 6.45) is 4.08. The predicted octanol–water partition coefficient (Wildman–Crippen LogP) is 2.29. The Morgan fingerprint density at radius 2 is 2.03 bits per heavy atom. The number of piperidine rings is 1. The molecule has 172 valence electrons. The maximum atomic E-state index is 12.3. The van der Waals surface area contributed by atoms with Crippen LogP contribution in [0.25, 0.3) is 0 Å². The van der Waals surface area contributed by atoms with Gasteiger partial charge >= 0.3 is 0 Å². The van der Waals surface area contributed by atoms with Crippen LogP contribution in [-0.4, -0.2) is 82.5 Å². The van der Waals surface area contributed by atoms with Gasteiger partial charge in [-0.15, -0.1) is 0 Å². The second-order valence-electron chi connectivity index (χ2n) is 7.79. The molecule has 8 nitrogen and oxygen atoms in total. The number of ether oxygens (including phenoxy) is 3. The minimum absolute atomic E-state index is 0.00200. The fourth-order valence-electron chi connectivity index (χ4n) is 3.93. The molecule has 1 aromatic rings. The molecule has 1 N–H and O–H groups in total. The van der Waals surface area contributed by atoms with Crippen molar-refractivity contribution < 1.29 is 19.0 Å². The number of anilines is 1. The van der Waals surface area contributed by atoms with Crippen molar-refractivity contribution in [1.29, 1.82) is 0 Å². The molecule has 31 heavy (non-hydrogen) atoms. The number of aliphatic imine (C=N–C) groups is 1. The standard InChI is InChI=1S/C23H36N4O4/c1-3-24-23(26-14-10-19(11-15-26)30-17-7-16-29-2)25-12-6-13-27-20-8-4-5-9-21(20)31-18-22(27)28/h4-5,8-9,19H,3,6-7,10-18H2,1-2H3,(H,24,25). The van der Waals surface area contributed by atoms with E-state index in [0.29, 0.717) is 19.2 Å². The van der Waals surface area contributed by atoms with Crippen LogP contribution in [-0.2, 0) is 14.3 Å². The van der Waals surface area contributed by atoms with E-state index in [1.807, 2.05) is 29.2 Å². The number of guanidine groups is 1. The number of rotatable bonds is 10. The Balaban J connectivity index is 1.46. The van der Waals surface area contributed by atoms with E-state index in [1.165, 1.54) is 0 Å². The first-order chi connectivity index (χ1) is 15.2. The third-order valence-electron chi connectivity index (χ3n) is 5.53. The van der Waals surface area contributed by atoms with Crippen molar-refractivity contribution in [2.24, 2.45) is 4.99 Å².